The summed E-state index contributed by atoms with van der Waals surface area (Å²) >= 11 is 0. The van der Waals surface area contributed by atoms with Gasteiger partial charge in [0.05, 0.1) is 0 Å². The van der Waals surface area contributed by atoms with E-state index >= 15 is 0 Å². The first-order valence-electron chi connectivity index (χ1n) is 5.88. The van der Waals surface area contributed by atoms with Crippen molar-refractivity contribution in [3.63, 3.8) is 0 Å². The molecule has 1 radical (unpaired) electrons. The van der Waals surface area contributed by atoms with E-state index in [-0.39, 0.29) is 5.56 Å². The summed E-state index contributed by atoms with van der Waals surface area (Å²) in [6, 6.07) is 2.70. The van der Waals surface area contributed by atoms with Crippen molar-refractivity contribution in [2.75, 3.05) is 0 Å². The van der Waals surface area contributed by atoms with Crippen LogP contribution in [0, 0.1) is 16.8 Å². The van der Waals surface area contributed by atoms with E-state index in [2.05, 4.69) is 0 Å². The highest BCUT2D eigenvalue weighted by molar-refractivity contribution is 5.96. The van der Waals surface area contributed by atoms with Gasteiger partial charge in [0.15, 0.2) is 5.54 Å². The van der Waals surface area contributed by atoms with Crippen molar-refractivity contribution in [2.24, 2.45) is 0 Å². The Morgan fingerprint density at radius 2 is 1.79 bits per heavy atom. The van der Waals surface area contributed by atoms with Gasteiger partial charge in [-0.2, -0.15) is 0 Å². The number of benzene rings is 1. The SMILES string of the molecule is CC1(C)N([O])C(c2cc(F)ccc2F)=[N+]([O-])C1(C)C. The summed E-state index contributed by atoms with van der Waals surface area (Å²) in [6.45, 7) is 6.37. The minimum Gasteiger partial charge on any atom is -0.714 e. The van der Waals surface area contributed by atoms with E-state index in [1.807, 2.05) is 0 Å². The van der Waals surface area contributed by atoms with Crippen LogP contribution in [-0.4, -0.2) is 26.7 Å². The molecule has 0 amide bonds. The van der Waals surface area contributed by atoms with Crippen LogP contribution in [0.4, 0.5) is 8.78 Å². The molecule has 19 heavy (non-hydrogen) atoms. The van der Waals surface area contributed by atoms with Gasteiger partial charge in [-0.05, 0) is 45.9 Å². The fourth-order valence-electron chi connectivity index (χ4n) is 2.00. The van der Waals surface area contributed by atoms with Crippen LogP contribution in [0.5, 0.6) is 0 Å². The van der Waals surface area contributed by atoms with Gasteiger partial charge in [-0.15, -0.1) is 0 Å². The average molecular weight is 269 g/mol. The molecule has 1 aliphatic heterocycles. The molecule has 1 heterocycles. The highest BCUT2D eigenvalue weighted by Gasteiger charge is 2.60. The van der Waals surface area contributed by atoms with Gasteiger partial charge >= 0.3 is 5.84 Å². The standard InChI is InChI=1S/C13H15F2N2O2/c1-12(2)13(3,4)17(19)11(16(12)18)9-7-8(14)5-6-10(9)15/h5-7H,1-4H3. The van der Waals surface area contributed by atoms with Gasteiger partial charge in [-0.1, -0.05) is 5.06 Å². The molecule has 1 aromatic rings. The van der Waals surface area contributed by atoms with Crippen molar-refractivity contribution >= 4 is 5.84 Å². The van der Waals surface area contributed by atoms with E-state index in [1.165, 1.54) is 0 Å². The predicted molar refractivity (Wildman–Crippen MR) is 64.8 cm³/mol. The summed E-state index contributed by atoms with van der Waals surface area (Å²) in [5, 5.41) is 25.0. The van der Waals surface area contributed by atoms with Crippen molar-refractivity contribution in [3.8, 4) is 0 Å². The summed E-state index contributed by atoms with van der Waals surface area (Å²) in [4.78, 5) is 0. The lowest BCUT2D eigenvalue weighted by Crippen LogP contribution is -2.53. The van der Waals surface area contributed by atoms with Crippen LogP contribution in [0.15, 0.2) is 18.2 Å². The Morgan fingerprint density at radius 1 is 1.21 bits per heavy atom. The van der Waals surface area contributed by atoms with Crippen LogP contribution < -0.4 is 0 Å². The third-order valence-electron chi connectivity index (χ3n) is 4.07. The minimum absolute atomic E-state index is 0.316. The van der Waals surface area contributed by atoms with Crippen LogP contribution >= 0.6 is 0 Å². The van der Waals surface area contributed by atoms with E-state index in [4.69, 9.17) is 0 Å². The molecule has 0 saturated carbocycles. The van der Waals surface area contributed by atoms with Gasteiger partial charge in [-0.3, -0.25) is 4.74 Å². The number of halogens is 2. The number of hydroxylamine groups is 3. The van der Waals surface area contributed by atoms with E-state index in [0.29, 0.717) is 9.80 Å². The maximum Gasteiger partial charge on any atom is 0.319 e. The van der Waals surface area contributed by atoms with Crippen molar-refractivity contribution in [2.45, 2.75) is 38.8 Å². The Kier molecular flexibility index (Phi) is 2.82. The van der Waals surface area contributed by atoms with Crippen molar-refractivity contribution < 1.29 is 18.7 Å². The van der Waals surface area contributed by atoms with Gasteiger partial charge in [0, 0.05) is 5.21 Å². The molecule has 0 fully saturated rings. The van der Waals surface area contributed by atoms with Crippen molar-refractivity contribution in [3.05, 3.63) is 40.6 Å². The number of rotatable bonds is 1. The lowest BCUT2D eigenvalue weighted by atomic mass is 9.84. The fraction of sp³-hybridized carbons (Fsp3) is 0.462. The van der Waals surface area contributed by atoms with Gasteiger partial charge < -0.3 is 5.21 Å². The lowest BCUT2D eigenvalue weighted by molar-refractivity contribution is -0.539. The largest absolute Gasteiger partial charge is 0.714 e. The summed E-state index contributed by atoms with van der Waals surface area (Å²) < 4.78 is 27.4. The second-order valence-corrected chi connectivity index (χ2v) is 5.65. The average Bonchev–Trinajstić information content (AvgIpc) is 2.43. The van der Waals surface area contributed by atoms with E-state index in [0.717, 1.165) is 18.2 Å². The molecular weight excluding hydrogens is 254 g/mol. The Labute approximate surface area is 110 Å². The number of amidine groups is 1. The van der Waals surface area contributed by atoms with E-state index in [9.17, 15) is 19.2 Å². The molecule has 0 aromatic heterocycles. The summed E-state index contributed by atoms with van der Waals surface area (Å²) in [5.74, 6) is -1.90. The maximum atomic E-state index is 13.8. The van der Waals surface area contributed by atoms with Crippen LogP contribution in [0.1, 0.15) is 33.3 Å². The molecule has 0 bridgehead atoms. The van der Waals surface area contributed by atoms with Gasteiger partial charge in [0.25, 0.3) is 0 Å². The third kappa shape index (κ3) is 1.70. The molecule has 1 aromatic carbocycles. The summed E-state index contributed by atoms with van der Waals surface area (Å²) in [7, 11) is 0. The Balaban J connectivity index is 2.69. The van der Waals surface area contributed by atoms with Crippen LogP contribution in [-0.2, 0) is 5.21 Å². The molecule has 0 saturated heterocycles. The molecule has 0 aliphatic carbocycles. The molecule has 1 aliphatic rings. The molecule has 4 nitrogen and oxygen atoms in total. The maximum absolute atomic E-state index is 13.8. The molecule has 0 spiro atoms. The van der Waals surface area contributed by atoms with Crippen molar-refractivity contribution in [1.29, 1.82) is 0 Å². The zero-order chi connectivity index (χ0) is 14.6. The number of nitrogens with zero attached hydrogens (tertiary/aromatic N) is 2. The molecule has 0 atom stereocenters. The first-order valence-corrected chi connectivity index (χ1v) is 5.88. The quantitative estimate of drug-likeness (QED) is 0.580. The monoisotopic (exact) mass is 269 g/mol. The Bertz CT molecular complexity index is 568. The molecular formula is C13H15F2N2O2. The predicted octanol–water partition coefficient (Wildman–Crippen LogP) is 2.44. The molecule has 6 heteroatoms. The summed E-state index contributed by atoms with van der Waals surface area (Å²) in [6.07, 6.45) is 0. The second kappa shape index (κ2) is 3.90. The van der Waals surface area contributed by atoms with Gasteiger partial charge in [0.1, 0.15) is 22.7 Å². The highest BCUT2D eigenvalue weighted by atomic mass is 19.1. The first-order chi connectivity index (χ1) is 8.60. The number of hydrogen-bond acceptors (Lipinski definition) is 2. The summed E-state index contributed by atoms with van der Waals surface area (Å²) in [5.41, 5.74) is -2.42. The van der Waals surface area contributed by atoms with Crippen molar-refractivity contribution in [1.82, 2.24) is 5.06 Å². The van der Waals surface area contributed by atoms with Gasteiger partial charge in [-0.25, -0.2) is 8.78 Å². The third-order valence-corrected chi connectivity index (χ3v) is 4.07. The Hall–Kier alpha value is -1.69. The molecule has 0 unspecified atom stereocenters. The Morgan fingerprint density at radius 3 is 2.26 bits per heavy atom. The minimum atomic E-state index is -1.05. The second-order valence-electron chi connectivity index (χ2n) is 5.65. The van der Waals surface area contributed by atoms with Gasteiger partial charge in [0.2, 0.25) is 0 Å². The first kappa shape index (κ1) is 13.7. The topological polar surface area (TPSA) is 49.2 Å². The molecule has 2 rings (SSSR count). The van der Waals surface area contributed by atoms with Crippen LogP contribution in [0.2, 0.25) is 0 Å². The van der Waals surface area contributed by atoms with Crippen LogP contribution in [0.3, 0.4) is 0 Å². The molecule has 103 valence electrons. The van der Waals surface area contributed by atoms with E-state index < -0.39 is 28.5 Å². The zero-order valence-electron chi connectivity index (χ0n) is 11.2. The smallest absolute Gasteiger partial charge is 0.319 e. The fourth-order valence-corrected chi connectivity index (χ4v) is 2.00. The van der Waals surface area contributed by atoms with E-state index in [1.54, 1.807) is 27.7 Å². The highest BCUT2D eigenvalue weighted by Crippen LogP contribution is 2.37. The number of hydrogen-bond donors (Lipinski definition) is 0. The zero-order valence-corrected chi connectivity index (χ0v) is 11.2. The van der Waals surface area contributed by atoms with Crippen LogP contribution in [0.25, 0.3) is 0 Å². The lowest BCUT2D eigenvalue weighted by Gasteiger charge is -2.32. The normalized spacial score (nSPS) is 21.1. The molecule has 0 N–H and O–H groups in total.